The molecule has 0 amide bonds. The van der Waals surface area contributed by atoms with Gasteiger partial charge in [-0.25, -0.2) is 0 Å². The van der Waals surface area contributed by atoms with Gasteiger partial charge in [0, 0.05) is 17.8 Å². The first kappa shape index (κ1) is 14.6. The van der Waals surface area contributed by atoms with E-state index in [1.54, 1.807) is 0 Å². The van der Waals surface area contributed by atoms with Crippen LogP contribution in [0, 0.1) is 6.92 Å². The molecule has 1 aromatic carbocycles. The third-order valence-corrected chi connectivity index (χ3v) is 3.13. The van der Waals surface area contributed by atoms with Crippen LogP contribution in [0.1, 0.15) is 25.0 Å². The fourth-order valence-corrected chi connectivity index (χ4v) is 2.11. The summed E-state index contributed by atoms with van der Waals surface area (Å²) >= 11 is 18.3. The SMILES string of the molecule is Cc1cccc(C(Cl)(Cl)C(=NC(C)C)NCl)c1. The van der Waals surface area contributed by atoms with E-state index in [2.05, 4.69) is 9.83 Å². The van der Waals surface area contributed by atoms with Gasteiger partial charge in [-0.15, -0.1) is 0 Å². The number of aliphatic imine (C=N–C) groups is 1. The molecule has 0 aliphatic heterocycles. The molecule has 0 radical (unpaired) electrons. The Hall–Kier alpha value is -0.440. The van der Waals surface area contributed by atoms with Gasteiger partial charge in [-0.05, 0) is 26.3 Å². The Labute approximate surface area is 117 Å². The maximum atomic E-state index is 6.33. The van der Waals surface area contributed by atoms with Gasteiger partial charge in [0.05, 0.1) is 0 Å². The average molecular weight is 294 g/mol. The van der Waals surface area contributed by atoms with Crippen LogP contribution in [-0.2, 0) is 4.33 Å². The van der Waals surface area contributed by atoms with Gasteiger partial charge in [-0.2, -0.15) is 0 Å². The normalized spacial score (nSPS) is 13.0. The standard InChI is InChI=1S/C12H15Cl3N2/c1-8(2)16-11(17-15)12(13,14)10-6-4-5-9(3)7-10/h4-8H,1-3H3,(H,16,17). The number of alkyl halides is 2. The summed E-state index contributed by atoms with van der Waals surface area (Å²) in [4.78, 5) is 6.73. The molecule has 1 aromatic rings. The van der Waals surface area contributed by atoms with Crippen LogP contribution in [0.2, 0.25) is 0 Å². The topological polar surface area (TPSA) is 24.4 Å². The van der Waals surface area contributed by atoms with E-state index in [0.717, 1.165) is 11.1 Å². The van der Waals surface area contributed by atoms with Gasteiger partial charge in [0.25, 0.3) is 0 Å². The Bertz CT molecular complexity index is 414. The predicted molar refractivity (Wildman–Crippen MR) is 76.1 cm³/mol. The van der Waals surface area contributed by atoms with Gasteiger partial charge < -0.3 is 0 Å². The molecule has 0 saturated carbocycles. The van der Waals surface area contributed by atoms with Crippen LogP contribution in [0.3, 0.4) is 0 Å². The largest absolute Gasteiger partial charge is 0.284 e. The van der Waals surface area contributed by atoms with E-state index in [0.29, 0.717) is 5.84 Å². The fourth-order valence-electron chi connectivity index (χ4n) is 1.40. The van der Waals surface area contributed by atoms with Crippen molar-refractivity contribution in [2.45, 2.75) is 31.1 Å². The lowest BCUT2D eigenvalue weighted by atomic mass is 10.1. The molecule has 0 bridgehead atoms. The molecular formula is C12H15Cl3N2. The van der Waals surface area contributed by atoms with E-state index in [-0.39, 0.29) is 6.04 Å². The lowest BCUT2D eigenvalue weighted by Crippen LogP contribution is -2.32. The summed E-state index contributed by atoms with van der Waals surface area (Å²) in [5, 5.41) is 0. The molecule has 1 rings (SSSR count). The van der Waals surface area contributed by atoms with Crippen LogP contribution >= 0.6 is 35.0 Å². The Morgan fingerprint density at radius 3 is 2.47 bits per heavy atom. The predicted octanol–water partition coefficient (Wildman–Crippen LogP) is 4.18. The van der Waals surface area contributed by atoms with E-state index in [1.807, 2.05) is 45.0 Å². The smallest absolute Gasteiger partial charge is 0.200 e. The Balaban J connectivity index is 3.16. The van der Waals surface area contributed by atoms with Crippen molar-refractivity contribution >= 4 is 40.8 Å². The van der Waals surface area contributed by atoms with Crippen molar-refractivity contribution in [1.82, 2.24) is 4.84 Å². The van der Waals surface area contributed by atoms with Crippen molar-refractivity contribution in [2.75, 3.05) is 0 Å². The molecule has 94 valence electrons. The number of hydrogen-bond donors (Lipinski definition) is 1. The van der Waals surface area contributed by atoms with Crippen molar-refractivity contribution < 1.29 is 0 Å². The second-order valence-electron chi connectivity index (χ2n) is 4.11. The molecule has 5 heteroatoms. The molecule has 0 spiro atoms. The first-order chi connectivity index (χ1) is 7.87. The zero-order chi connectivity index (χ0) is 13.1. The van der Waals surface area contributed by atoms with Gasteiger partial charge in [0.15, 0.2) is 5.84 Å². The number of benzene rings is 1. The molecule has 17 heavy (non-hydrogen) atoms. The van der Waals surface area contributed by atoms with E-state index in [1.165, 1.54) is 0 Å². The molecule has 0 aliphatic rings. The molecule has 0 atom stereocenters. The molecule has 0 unspecified atom stereocenters. The Morgan fingerprint density at radius 2 is 2.00 bits per heavy atom. The molecule has 0 aliphatic carbocycles. The minimum Gasteiger partial charge on any atom is -0.284 e. The number of rotatable bonds is 3. The average Bonchev–Trinajstić information content (AvgIpc) is 2.25. The third kappa shape index (κ3) is 3.77. The van der Waals surface area contributed by atoms with Gasteiger partial charge in [-0.3, -0.25) is 9.83 Å². The highest BCUT2D eigenvalue weighted by Gasteiger charge is 2.33. The molecule has 0 saturated heterocycles. The third-order valence-electron chi connectivity index (χ3n) is 2.15. The summed E-state index contributed by atoms with van der Waals surface area (Å²) in [6.45, 7) is 5.82. The maximum Gasteiger partial charge on any atom is 0.200 e. The summed E-state index contributed by atoms with van der Waals surface area (Å²) < 4.78 is -1.27. The number of nitrogens with one attached hydrogen (secondary N) is 1. The Kier molecular flexibility index (Phi) is 5.11. The summed E-state index contributed by atoms with van der Waals surface area (Å²) in [5.41, 5.74) is 1.82. The fraction of sp³-hybridized carbons (Fsp3) is 0.417. The van der Waals surface area contributed by atoms with E-state index < -0.39 is 4.33 Å². The number of aryl methyl sites for hydroxylation is 1. The molecule has 2 nitrogen and oxygen atoms in total. The first-order valence-corrected chi connectivity index (χ1v) is 6.41. The summed E-state index contributed by atoms with van der Waals surface area (Å²) in [6.07, 6.45) is 0. The van der Waals surface area contributed by atoms with Crippen LogP contribution < -0.4 is 4.84 Å². The molecule has 0 heterocycles. The zero-order valence-corrected chi connectivity index (χ0v) is 12.2. The molecular weight excluding hydrogens is 279 g/mol. The zero-order valence-electron chi connectivity index (χ0n) is 9.97. The maximum absolute atomic E-state index is 6.33. The second-order valence-corrected chi connectivity index (χ2v) is 5.63. The summed E-state index contributed by atoms with van der Waals surface area (Å²) in [5.74, 6) is 0.336. The van der Waals surface area contributed by atoms with Gasteiger partial charge in [0.2, 0.25) is 4.33 Å². The van der Waals surface area contributed by atoms with Gasteiger partial charge >= 0.3 is 0 Å². The van der Waals surface area contributed by atoms with E-state index in [4.69, 9.17) is 35.0 Å². The molecule has 0 fully saturated rings. The van der Waals surface area contributed by atoms with Crippen molar-refractivity contribution in [3.05, 3.63) is 35.4 Å². The number of nitrogens with zero attached hydrogens (tertiary/aromatic N) is 1. The lowest BCUT2D eigenvalue weighted by molar-refractivity contribution is 0.820. The highest BCUT2D eigenvalue weighted by atomic mass is 35.5. The van der Waals surface area contributed by atoms with Crippen LogP contribution in [0.25, 0.3) is 0 Å². The first-order valence-electron chi connectivity index (χ1n) is 5.27. The minimum atomic E-state index is -1.27. The summed E-state index contributed by atoms with van der Waals surface area (Å²) in [6, 6.07) is 7.67. The van der Waals surface area contributed by atoms with Crippen LogP contribution in [0.4, 0.5) is 0 Å². The number of hydrogen-bond acceptors (Lipinski definition) is 1. The van der Waals surface area contributed by atoms with Crippen LogP contribution in [0.15, 0.2) is 29.3 Å². The van der Waals surface area contributed by atoms with Crippen molar-refractivity contribution in [1.29, 1.82) is 0 Å². The van der Waals surface area contributed by atoms with Crippen molar-refractivity contribution in [3.8, 4) is 0 Å². The Morgan fingerprint density at radius 1 is 1.35 bits per heavy atom. The monoisotopic (exact) mass is 292 g/mol. The highest BCUT2D eigenvalue weighted by molar-refractivity contribution is 6.59. The van der Waals surface area contributed by atoms with E-state index in [9.17, 15) is 0 Å². The molecule has 0 aromatic heterocycles. The minimum absolute atomic E-state index is 0.0536. The lowest BCUT2D eigenvalue weighted by Gasteiger charge is -2.22. The van der Waals surface area contributed by atoms with E-state index >= 15 is 0 Å². The van der Waals surface area contributed by atoms with Crippen molar-refractivity contribution in [3.63, 3.8) is 0 Å². The van der Waals surface area contributed by atoms with Gasteiger partial charge in [-0.1, -0.05) is 53.0 Å². The number of amidine groups is 1. The summed E-state index contributed by atoms with van der Waals surface area (Å²) in [7, 11) is 0. The molecule has 1 N–H and O–H groups in total. The number of halogens is 3. The quantitative estimate of drug-likeness (QED) is 0.384. The van der Waals surface area contributed by atoms with Crippen molar-refractivity contribution in [2.24, 2.45) is 4.99 Å². The van der Waals surface area contributed by atoms with Crippen LogP contribution in [-0.4, -0.2) is 11.9 Å². The second kappa shape index (κ2) is 5.94. The highest BCUT2D eigenvalue weighted by Crippen LogP contribution is 2.35. The van der Waals surface area contributed by atoms with Gasteiger partial charge in [0.1, 0.15) is 0 Å². The van der Waals surface area contributed by atoms with Crippen LogP contribution in [0.5, 0.6) is 0 Å².